The Morgan fingerprint density at radius 3 is 2.83 bits per heavy atom. The Morgan fingerprint density at radius 1 is 1.17 bits per heavy atom. The van der Waals surface area contributed by atoms with Gasteiger partial charge in [0.15, 0.2) is 5.82 Å². The van der Waals surface area contributed by atoms with Crippen LogP contribution in [0, 0.1) is 6.92 Å². The van der Waals surface area contributed by atoms with E-state index in [0.29, 0.717) is 29.0 Å². The van der Waals surface area contributed by atoms with Crippen LogP contribution in [0.4, 0.5) is 0 Å². The number of thiophene rings is 1. The molecule has 4 heterocycles. The molecule has 0 spiro atoms. The van der Waals surface area contributed by atoms with Crippen molar-refractivity contribution < 1.29 is 9.05 Å². The molecule has 8 nitrogen and oxygen atoms in total. The fraction of sp³-hybridized carbons (Fsp3) is 0.133. The van der Waals surface area contributed by atoms with Gasteiger partial charge in [0.25, 0.3) is 11.4 Å². The van der Waals surface area contributed by atoms with Crippen LogP contribution in [-0.2, 0) is 6.54 Å². The molecule has 0 aliphatic heterocycles. The second-order valence-electron chi connectivity index (χ2n) is 5.02. The minimum atomic E-state index is -0.189. The molecule has 24 heavy (non-hydrogen) atoms. The van der Waals surface area contributed by atoms with E-state index in [-0.39, 0.29) is 12.1 Å². The molecule has 4 aromatic rings. The molecule has 0 saturated carbocycles. The van der Waals surface area contributed by atoms with Gasteiger partial charge in [-0.1, -0.05) is 16.4 Å². The van der Waals surface area contributed by atoms with E-state index in [9.17, 15) is 4.79 Å². The normalized spacial score (nSPS) is 11.0. The number of rotatable bonds is 4. The highest BCUT2D eigenvalue weighted by atomic mass is 32.1. The van der Waals surface area contributed by atoms with Crippen molar-refractivity contribution in [1.29, 1.82) is 0 Å². The van der Waals surface area contributed by atoms with Crippen molar-refractivity contribution in [2.24, 2.45) is 0 Å². The highest BCUT2D eigenvalue weighted by Gasteiger charge is 2.12. The van der Waals surface area contributed by atoms with Gasteiger partial charge in [-0.2, -0.15) is 9.97 Å². The van der Waals surface area contributed by atoms with Crippen molar-refractivity contribution in [2.45, 2.75) is 13.5 Å². The maximum atomic E-state index is 12.1. The average molecular weight is 341 g/mol. The largest absolute Gasteiger partial charge is 0.337 e. The Morgan fingerprint density at radius 2 is 2.08 bits per heavy atom. The summed E-state index contributed by atoms with van der Waals surface area (Å²) in [4.78, 5) is 21.4. The highest BCUT2D eigenvalue weighted by molar-refractivity contribution is 7.13. The van der Waals surface area contributed by atoms with Crippen LogP contribution in [0.3, 0.4) is 0 Å². The predicted octanol–water partition coefficient (Wildman–Crippen LogP) is 2.37. The molecule has 120 valence electrons. The number of pyridine rings is 1. The third-order valence-electron chi connectivity index (χ3n) is 3.27. The lowest BCUT2D eigenvalue weighted by atomic mass is 10.3. The van der Waals surface area contributed by atoms with E-state index in [2.05, 4.69) is 20.3 Å². The van der Waals surface area contributed by atoms with Crippen LogP contribution in [-0.4, -0.2) is 24.8 Å². The molecule has 0 unspecified atom stereocenters. The van der Waals surface area contributed by atoms with Crippen LogP contribution in [0.25, 0.3) is 22.2 Å². The summed E-state index contributed by atoms with van der Waals surface area (Å²) in [5, 5.41) is 9.62. The molecule has 4 aromatic heterocycles. The van der Waals surface area contributed by atoms with Gasteiger partial charge < -0.3 is 13.6 Å². The summed E-state index contributed by atoms with van der Waals surface area (Å²) >= 11 is 1.52. The van der Waals surface area contributed by atoms with E-state index in [1.165, 1.54) is 22.0 Å². The fourth-order valence-corrected chi connectivity index (χ4v) is 2.82. The Kier molecular flexibility index (Phi) is 3.54. The zero-order valence-corrected chi connectivity index (χ0v) is 13.4. The molecule has 0 amide bonds. The van der Waals surface area contributed by atoms with Crippen LogP contribution in [0.5, 0.6) is 0 Å². The van der Waals surface area contributed by atoms with Crippen LogP contribution in [0.1, 0.15) is 11.7 Å². The third-order valence-corrected chi connectivity index (χ3v) is 4.14. The second-order valence-corrected chi connectivity index (χ2v) is 5.97. The fourth-order valence-electron chi connectivity index (χ4n) is 2.17. The minimum absolute atomic E-state index is 0.165. The lowest BCUT2D eigenvalue weighted by molar-refractivity contribution is 0.370. The van der Waals surface area contributed by atoms with Crippen molar-refractivity contribution >= 4 is 11.3 Å². The first-order chi connectivity index (χ1) is 11.7. The van der Waals surface area contributed by atoms with Gasteiger partial charge in [0.1, 0.15) is 6.54 Å². The third kappa shape index (κ3) is 2.76. The van der Waals surface area contributed by atoms with Gasteiger partial charge in [0.2, 0.25) is 11.7 Å². The zero-order valence-electron chi connectivity index (χ0n) is 12.5. The maximum absolute atomic E-state index is 12.1. The Balaban J connectivity index is 1.64. The molecule has 0 bridgehead atoms. The molecule has 0 aliphatic carbocycles. The number of aryl methyl sites for hydroxylation is 1. The predicted molar refractivity (Wildman–Crippen MR) is 85.4 cm³/mol. The summed E-state index contributed by atoms with van der Waals surface area (Å²) in [7, 11) is 0. The van der Waals surface area contributed by atoms with Crippen molar-refractivity contribution in [2.75, 3.05) is 0 Å². The van der Waals surface area contributed by atoms with Crippen molar-refractivity contribution in [3.63, 3.8) is 0 Å². The van der Waals surface area contributed by atoms with Gasteiger partial charge in [-0.15, -0.1) is 11.3 Å². The Labute approximate surface area is 139 Å². The quantitative estimate of drug-likeness (QED) is 0.561. The van der Waals surface area contributed by atoms with E-state index < -0.39 is 0 Å². The van der Waals surface area contributed by atoms with E-state index >= 15 is 0 Å². The summed E-state index contributed by atoms with van der Waals surface area (Å²) in [6.45, 7) is 1.89. The van der Waals surface area contributed by atoms with Crippen molar-refractivity contribution in [1.82, 2.24) is 24.8 Å². The topological polar surface area (TPSA) is 99.8 Å². The Hall–Kier alpha value is -3.07. The minimum Gasteiger partial charge on any atom is -0.337 e. The molecular formula is C15H11N5O3S. The molecule has 0 radical (unpaired) electrons. The summed E-state index contributed by atoms with van der Waals surface area (Å²) in [5.41, 5.74) is 0.457. The number of nitrogens with zero attached hydrogens (tertiary/aromatic N) is 5. The summed E-state index contributed by atoms with van der Waals surface area (Å²) < 4.78 is 11.8. The van der Waals surface area contributed by atoms with E-state index in [0.717, 1.165) is 4.88 Å². The summed E-state index contributed by atoms with van der Waals surface area (Å²) in [5.74, 6) is 1.74. The molecule has 0 aromatic carbocycles. The lowest BCUT2D eigenvalue weighted by Crippen LogP contribution is -2.19. The van der Waals surface area contributed by atoms with Crippen molar-refractivity contribution in [3.05, 3.63) is 57.9 Å². The van der Waals surface area contributed by atoms with Crippen molar-refractivity contribution in [3.8, 4) is 22.2 Å². The highest BCUT2D eigenvalue weighted by Crippen LogP contribution is 2.21. The number of hydrogen-bond acceptors (Lipinski definition) is 8. The first kappa shape index (κ1) is 14.5. The van der Waals surface area contributed by atoms with Gasteiger partial charge in [-0.3, -0.25) is 4.79 Å². The molecule has 0 saturated heterocycles. The summed E-state index contributed by atoms with van der Waals surface area (Å²) in [6, 6.07) is 6.89. The van der Waals surface area contributed by atoms with Gasteiger partial charge >= 0.3 is 0 Å². The molecule has 0 aliphatic rings. The molecule has 0 fully saturated rings. The second kappa shape index (κ2) is 5.85. The monoisotopic (exact) mass is 341 g/mol. The zero-order chi connectivity index (χ0) is 16.5. The van der Waals surface area contributed by atoms with E-state index in [1.54, 1.807) is 19.2 Å². The number of hydrogen-bond donors (Lipinski definition) is 0. The smallest absolute Gasteiger partial charge is 0.259 e. The molecule has 0 N–H and O–H groups in total. The van der Waals surface area contributed by atoms with E-state index in [4.69, 9.17) is 9.05 Å². The SMILES string of the molecule is Cc1noc(-c2ccc(=O)n(Cc3nc(-c4cccs4)no3)c2)n1. The molecule has 4 rings (SSSR count). The number of aromatic nitrogens is 5. The first-order valence-electron chi connectivity index (χ1n) is 7.07. The van der Waals surface area contributed by atoms with Gasteiger partial charge in [-0.05, 0) is 24.4 Å². The van der Waals surface area contributed by atoms with Gasteiger partial charge in [0, 0.05) is 12.3 Å². The summed E-state index contributed by atoms with van der Waals surface area (Å²) in [6.07, 6.45) is 1.63. The maximum Gasteiger partial charge on any atom is 0.259 e. The van der Waals surface area contributed by atoms with Crippen LogP contribution >= 0.6 is 11.3 Å². The molecule has 9 heteroatoms. The van der Waals surface area contributed by atoms with Crippen LogP contribution < -0.4 is 5.56 Å². The lowest BCUT2D eigenvalue weighted by Gasteiger charge is -2.02. The van der Waals surface area contributed by atoms with Crippen LogP contribution in [0.15, 0.2) is 49.7 Å². The molecule has 0 atom stereocenters. The first-order valence-corrected chi connectivity index (χ1v) is 7.94. The standard InChI is InChI=1S/C15H11N5O3S/c1-9-16-15(23-18-9)10-4-5-13(21)20(7-10)8-12-17-14(19-22-12)11-3-2-6-24-11/h2-7H,8H2,1H3. The van der Waals surface area contributed by atoms with Gasteiger partial charge in [-0.25, -0.2) is 0 Å². The van der Waals surface area contributed by atoms with Gasteiger partial charge in [0.05, 0.1) is 10.4 Å². The average Bonchev–Trinajstić information content (AvgIpc) is 3.30. The van der Waals surface area contributed by atoms with E-state index in [1.807, 2.05) is 17.5 Å². The Bertz CT molecular complexity index is 1030. The van der Waals surface area contributed by atoms with Crippen LogP contribution in [0.2, 0.25) is 0 Å². The molecular weight excluding hydrogens is 330 g/mol.